The molecule has 0 bridgehead atoms. The molecule has 0 N–H and O–H groups in total. The number of rotatable bonds is 4. The van der Waals surface area contributed by atoms with Crippen molar-refractivity contribution in [3.63, 3.8) is 0 Å². The van der Waals surface area contributed by atoms with Crippen molar-refractivity contribution in [1.29, 1.82) is 0 Å². The molecule has 3 rings (SSSR count). The maximum Gasteiger partial charge on any atom is 0.188 e. The van der Waals surface area contributed by atoms with Gasteiger partial charge in [-0.2, -0.15) is 0 Å². The van der Waals surface area contributed by atoms with Crippen LogP contribution in [0.4, 0.5) is 0 Å². The molecule has 1 unspecified atom stereocenters. The lowest BCUT2D eigenvalue weighted by Crippen LogP contribution is -2.47. The zero-order valence-electron chi connectivity index (χ0n) is 13.5. The minimum absolute atomic E-state index is 0.238. The molecule has 5 atom stereocenters. The van der Waals surface area contributed by atoms with Gasteiger partial charge in [0.05, 0.1) is 12.0 Å². The molecule has 6 heteroatoms. The number of aldehydes is 1. The molecular formula is C16H24O6. The summed E-state index contributed by atoms with van der Waals surface area (Å²) >= 11 is 0. The van der Waals surface area contributed by atoms with Crippen molar-refractivity contribution in [1.82, 2.24) is 0 Å². The maximum atomic E-state index is 11.3. The molecule has 0 radical (unpaired) electrons. The summed E-state index contributed by atoms with van der Waals surface area (Å²) in [6, 6.07) is 0. The van der Waals surface area contributed by atoms with Gasteiger partial charge in [-0.25, -0.2) is 0 Å². The quantitative estimate of drug-likeness (QED) is 0.582. The van der Waals surface area contributed by atoms with Crippen molar-refractivity contribution in [3.8, 4) is 0 Å². The number of carbonyl (C=O) groups excluding carboxylic acids is 1. The van der Waals surface area contributed by atoms with Gasteiger partial charge in [0.2, 0.25) is 0 Å². The van der Waals surface area contributed by atoms with E-state index in [1.54, 1.807) is 6.08 Å². The lowest BCUT2D eigenvalue weighted by molar-refractivity contribution is -0.233. The molecular weight excluding hydrogens is 288 g/mol. The normalized spacial score (nSPS) is 45.6. The van der Waals surface area contributed by atoms with E-state index in [2.05, 4.69) is 6.58 Å². The largest absolute Gasteiger partial charge is 0.348 e. The van der Waals surface area contributed by atoms with E-state index in [0.717, 1.165) is 6.29 Å². The summed E-state index contributed by atoms with van der Waals surface area (Å²) in [4.78, 5) is 11.3. The fraction of sp³-hybridized carbons (Fsp3) is 0.812. The first-order valence-electron chi connectivity index (χ1n) is 7.63. The molecule has 3 fully saturated rings. The van der Waals surface area contributed by atoms with E-state index in [9.17, 15) is 4.79 Å². The molecule has 0 aromatic rings. The van der Waals surface area contributed by atoms with Crippen LogP contribution in [0.2, 0.25) is 0 Å². The number of ether oxygens (including phenoxy) is 5. The molecule has 3 heterocycles. The molecule has 22 heavy (non-hydrogen) atoms. The van der Waals surface area contributed by atoms with Crippen LogP contribution in [-0.4, -0.2) is 49.1 Å². The summed E-state index contributed by atoms with van der Waals surface area (Å²) in [7, 11) is 0. The zero-order chi connectivity index (χ0) is 16.2. The van der Waals surface area contributed by atoms with Gasteiger partial charge < -0.3 is 28.5 Å². The highest BCUT2D eigenvalue weighted by Crippen LogP contribution is 2.52. The van der Waals surface area contributed by atoms with Gasteiger partial charge in [-0.15, -0.1) is 6.58 Å². The van der Waals surface area contributed by atoms with Crippen LogP contribution in [0.25, 0.3) is 0 Å². The second-order valence-electron chi connectivity index (χ2n) is 7.04. The van der Waals surface area contributed by atoms with E-state index < -0.39 is 29.4 Å². The van der Waals surface area contributed by atoms with Crippen LogP contribution in [0.15, 0.2) is 12.7 Å². The van der Waals surface area contributed by atoms with E-state index in [1.807, 2.05) is 27.7 Å². The third kappa shape index (κ3) is 2.43. The molecule has 3 aliphatic heterocycles. The third-order valence-corrected chi connectivity index (χ3v) is 4.58. The van der Waals surface area contributed by atoms with Gasteiger partial charge in [-0.3, -0.25) is 0 Å². The first-order valence-corrected chi connectivity index (χ1v) is 7.63. The van der Waals surface area contributed by atoms with Gasteiger partial charge in [0.1, 0.15) is 24.6 Å². The standard InChI is InChI=1S/C16H24O6/c1-6-16(7-8-17)11(10-9-18-14(2,3)20-10)19-13-12(16)21-15(4,5)22-13/h6,8,10-13H,1,7,9H2,2-5H3/t10?,11-,12+,13-,16-/m1/s1. The lowest BCUT2D eigenvalue weighted by Gasteiger charge is -2.36. The summed E-state index contributed by atoms with van der Waals surface area (Å²) in [5.41, 5.74) is -0.686. The van der Waals surface area contributed by atoms with Crippen LogP contribution in [0.3, 0.4) is 0 Å². The Labute approximate surface area is 130 Å². The topological polar surface area (TPSA) is 63.2 Å². The average Bonchev–Trinajstić information content (AvgIpc) is 3.00. The van der Waals surface area contributed by atoms with Crippen molar-refractivity contribution in [2.75, 3.05) is 6.61 Å². The highest BCUT2D eigenvalue weighted by molar-refractivity contribution is 5.53. The van der Waals surface area contributed by atoms with Crippen LogP contribution in [0, 0.1) is 5.41 Å². The number of carbonyl (C=O) groups is 1. The molecule has 0 aliphatic carbocycles. The van der Waals surface area contributed by atoms with Crippen LogP contribution in [0.5, 0.6) is 0 Å². The van der Waals surface area contributed by atoms with Gasteiger partial charge in [0.25, 0.3) is 0 Å². The molecule has 0 amide bonds. The van der Waals surface area contributed by atoms with Gasteiger partial charge in [0.15, 0.2) is 17.9 Å². The smallest absolute Gasteiger partial charge is 0.188 e. The Morgan fingerprint density at radius 3 is 2.36 bits per heavy atom. The van der Waals surface area contributed by atoms with Gasteiger partial charge >= 0.3 is 0 Å². The molecule has 124 valence electrons. The highest BCUT2D eigenvalue weighted by atomic mass is 16.8. The Balaban J connectivity index is 1.91. The molecule has 3 aliphatic rings. The van der Waals surface area contributed by atoms with Crippen molar-refractivity contribution in [3.05, 3.63) is 12.7 Å². The molecule has 0 aromatic carbocycles. The van der Waals surface area contributed by atoms with Crippen LogP contribution in [-0.2, 0) is 28.5 Å². The second-order valence-corrected chi connectivity index (χ2v) is 7.04. The summed E-state index contributed by atoms with van der Waals surface area (Å²) in [5.74, 6) is -1.41. The fourth-order valence-electron chi connectivity index (χ4n) is 3.62. The summed E-state index contributed by atoms with van der Waals surface area (Å²) in [6.45, 7) is 11.7. The number of hydrogen-bond acceptors (Lipinski definition) is 6. The summed E-state index contributed by atoms with van der Waals surface area (Å²) < 4.78 is 29.5. The molecule has 0 saturated carbocycles. The first-order chi connectivity index (χ1) is 10.2. The Kier molecular flexibility index (Phi) is 3.73. The van der Waals surface area contributed by atoms with Crippen molar-refractivity contribution in [2.24, 2.45) is 5.41 Å². The Morgan fingerprint density at radius 1 is 1.09 bits per heavy atom. The number of fused-ring (bicyclic) bond motifs is 1. The summed E-state index contributed by atoms with van der Waals surface area (Å²) in [5, 5.41) is 0. The van der Waals surface area contributed by atoms with Crippen molar-refractivity contribution in [2.45, 2.75) is 70.3 Å². The SMILES string of the molecule is C=C[C@@]1(CC=O)[C@@H](C2COC(C)(C)O2)O[C@@H]2OC(C)(C)O[C@@H]21. The lowest BCUT2D eigenvalue weighted by atomic mass is 9.74. The van der Waals surface area contributed by atoms with Crippen LogP contribution >= 0.6 is 0 Å². The second kappa shape index (κ2) is 5.11. The molecule has 0 aromatic heterocycles. The minimum Gasteiger partial charge on any atom is -0.348 e. The highest BCUT2D eigenvalue weighted by Gasteiger charge is 2.64. The van der Waals surface area contributed by atoms with E-state index in [0.29, 0.717) is 6.61 Å². The fourth-order valence-corrected chi connectivity index (χ4v) is 3.62. The van der Waals surface area contributed by atoms with Crippen molar-refractivity contribution < 1.29 is 28.5 Å². The predicted molar refractivity (Wildman–Crippen MR) is 76.9 cm³/mol. The molecule has 3 saturated heterocycles. The van der Waals surface area contributed by atoms with Crippen LogP contribution < -0.4 is 0 Å². The van der Waals surface area contributed by atoms with E-state index in [-0.39, 0.29) is 18.6 Å². The van der Waals surface area contributed by atoms with Gasteiger partial charge in [-0.1, -0.05) is 6.08 Å². The third-order valence-electron chi connectivity index (χ3n) is 4.58. The van der Waals surface area contributed by atoms with Crippen molar-refractivity contribution >= 4 is 6.29 Å². The first kappa shape index (κ1) is 16.1. The van der Waals surface area contributed by atoms with E-state index in [4.69, 9.17) is 23.7 Å². The van der Waals surface area contributed by atoms with E-state index in [1.165, 1.54) is 0 Å². The molecule has 6 nitrogen and oxygen atoms in total. The molecule has 0 spiro atoms. The Hall–Kier alpha value is -0.790. The maximum absolute atomic E-state index is 11.3. The minimum atomic E-state index is -0.746. The summed E-state index contributed by atoms with van der Waals surface area (Å²) in [6.07, 6.45) is 1.23. The van der Waals surface area contributed by atoms with Gasteiger partial charge in [0, 0.05) is 6.42 Å². The predicted octanol–water partition coefficient (Wildman–Crippen LogP) is 1.78. The van der Waals surface area contributed by atoms with Gasteiger partial charge in [-0.05, 0) is 27.7 Å². The number of hydrogen-bond donors (Lipinski definition) is 0. The zero-order valence-corrected chi connectivity index (χ0v) is 13.5. The monoisotopic (exact) mass is 312 g/mol. The Bertz CT molecular complexity index is 473. The van der Waals surface area contributed by atoms with E-state index >= 15 is 0 Å². The average molecular weight is 312 g/mol. The Morgan fingerprint density at radius 2 is 1.82 bits per heavy atom. The van der Waals surface area contributed by atoms with Crippen LogP contribution in [0.1, 0.15) is 34.1 Å².